The highest BCUT2D eigenvalue weighted by Gasteiger charge is 2.24. The normalized spacial score (nSPS) is 12.9. The Morgan fingerprint density at radius 1 is 1.04 bits per heavy atom. The molecular formula is C20H24O2P+. The first-order chi connectivity index (χ1) is 11.0. The van der Waals surface area contributed by atoms with Gasteiger partial charge in [-0.2, -0.15) is 0 Å². The van der Waals surface area contributed by atoms with Crippen molar-refractivity contribution in [1.82, 2.24) is 0 Å². The third-order valence-corrected chi connectivity index (χ3v) is 5.87. The number of benzene rings is 2. The summed E-state index contributed by atoms with van der Waals surface area (Å²) in [6, 6.07) is 14.2. The van der Waals surface area contributed by atoms with Gasteiger partial charge in [0, 0.05) is 10.8 Å². The topological polar surface area (TPSA) is 30.2 Å². The van der Waals surface area contributed by atoms with E-state index < -0.39 is 7.65 Å². The molecular weight excluding hydrogens is 303 g/mol. The molecule has 23 heavy (non-hydrogen) atoms. The summed E-state index contributed by atoms with van der Waals surface area (Å²) in [7, 11) is -1.82. The Bertz CT molecular complexity index is 893. The maximum absolute atomic E-state index is 12.5. The van der Waals surface area contributed by atoms with E-state index in [1.807, 2.05) is 24.3 Å². The van der Waals surface area contributed by atoms with Crippen LogP contribution in [0.5, 0.6) is 0 Å². The predicted molar refractivity (Wildman–Crippen MR) is 98.5 cm³/mol. The molecule has 3 aromatic rings. The van der Waals surface area contributed by atoms with Gasteiger partial charge in [-0.1, -0.05) is 64.3 Å². The third-order valence-electron chi connectivity index (χ3n) is 4.74. The molecule has 1 atom stereocenters. The Balaban J connectivity index is 2.10. The van der Waals surface area contributed by atoms with Crippen LogP contribution in [0.4, 0.5) is 0 Å². The molecule has 0 aliphatic rings. The summed E-state index contributed by atoms with van der Waals surface area (Å²) < 4.78 is 18.1. The lowest BCUT2D eigenvalue weighted by Crippen LogP contribution is -2.16. The number of rotatable bonds is 5. The molecule has 0 saturated heterocycles. The molecule has 0 aliphatic heterocycles. The standard InChI is InChI=1S/C20H24O2P/c1-4-5-8-13-20(2,3)15-11-12-17-16-9-6-7-10-18(16)22-23(21)19(17)14-15/h6-7,9-12,14H,4-5,8,13H2,1-3H3/q+1. The van der Waals surface area contributed by atoms with Gasteiger partial charge >= 0.3 is 7.65 Å². The molecule has 3 heteroatoms. The Labute approximate surface area is 138 Å². The first-order valence-corrected chi connectivity index (χ1v) is 9.60. The second kappa shape index (κ2) is 6.45. The van der Waals surface area contributed by atoms with Crippen molar-refractivity contribution in [3.8, 4) is 0 Å². The number of hydrogen-bond donors (Lipinski definition) is 0. The van der Waals surface area contributed by atoms with Gasteiger partial charge in [0.2, 0.25) is 5.12 Å². The monoisotopic (exact) mass is 327 g/mol. The van der Waals surface area contributed by atoms with Gasteiger partial charge < -0.3 is 0 Å². The maximum Gasteiger partial charge on any atom is 0.597 e. The van der Waals surface area contributed by atoms with Crippen LogP contribution in [0.1, 0.15) is 52.0 Å². The van der Waals surface area contributed by atoms with E-state index in [4.69, 9.17) is 4.20 Å². The highest BCUT2D eigenvalue weighted by atomic mass is 31.1. The van der Waals surface area contributed by atoms with Gasteiger partial charge in [0.1, 0.15) is 0 Å². The van der Waals surface area contributed by atoms with E-state index in [1.165, 1.54) is 24.8 Å². The summed E-state index contributed by atoms with van der Waals surface area (Å²) >= 11 is 0. The minimum atomic E-state index is -1.82. The van der Waals surface area contributed by atoms with Crippen LogP contribution < -0.4 is 0 Å². The SMILES string of the molecule is CCCCCC(C)(C)c1ccc2c3ccccc3o[p+](=O)c2c1. The average molecular weight is 327 g/mol. The lowest BCUT2D eigenvalue weighted by Gasteiger charge is -2.25. The fourth-order valence-electron chi connectivity index (χ4n) is 3.20. The van der Waals surface area contributed by atoms with Crippen LogP contribution in [0.25, 0.3) is 21.5 Å². The van der Waals surface area contributed by atoms with Crippen molar-refractivity contribution >= 4 is 29.1 Å². The summed E-state index contributed by atoms with van der Waals surface area (Å²) in [5.41, 5.74) is 2.06. The Morgan fingerprint density at radius 3 is 2.61 bits per heavy atom. The summed E-state index contributed by atoms with van der Waals surface area (Å²) in [6.45, 7) is 6.77. The van der Waals surface area contributed by atoms with Crippen LogP contribution in [0.15, 0.2) is 46.7 Å². The molecule has 1 heterocycles. The van der Waals surface area contributed by atoms with Crippen LogP contribution in [0.3, 0.4) is 0 Å². The zero-order valence-electron chi connectivity index (χ0n) is 14.1. The third kappa shape index (κ3) is 3.19. The van der Waals surface area contributed by atoms with Gasteiger partial charge in [0.15, 0.2) is 5.58 Å². The molecule has 2 aromatic carbocycles. The fourth-order valence-corrected chi connectivity index (χ4v) is 4.27. The zero-order chi connectivity index (χ0) is 16.4. The minimum absolute atomic E-state index is 0.0946. The van der Waals surface area contributed by atoms with Gasteiger partial charge in [0.25, 0.3) is 0 Å². The summed E-state index contributed by atoms with van der Waals surface area (Å²) in [6.07, 6.45) is 4.87. The lowest BCUT2D eigenvalue weighted by molar-refractivity contribution is 0.451. The van der Waals surface area contributed by atoms with Crippen molar-refractivity contribution in [2.45, 2.75) is 51.9 Å². The molecule has 0 N–H and O–H groups in total. The van der Waals surface area contributed by atoms with Gasteiger partial charge in [-0.25, -0.2) is 4.20 Å². The van der Waals surface area contributed by atoms with Crippen molar-refractivity contribution in [2.75, 3.05) is 0 Å². The molecule has 0 amide bonds. The van der Waals surface area contributed by atoms with Crippen molar-refractivity contribution < 1.29 is 8.76 Å². The van der Waals surface area contributed by atoms with Gasteiger partial charge in [-0.3, -0.25) is 0 Å². The smallest absolute Gasteiger partial charge is 0.250 e. The molecule has 0 saturated carbocycles. The molecule has 1 unspecified atom stereocenters. The quantitative estimate of drug-likeness (QED) is 0.367. The van der Waals surface area contributed by atoms with E-state index in [1.54, 1.807) is 0 Å². The molecule has 2 nitrogen and oxygen atoms in total. The Hall–Kier alpha value is -1.66. The van der Waals surface area contributed by atoms with Crippen LogP contribution in [-0.4, -0.2) is 0 Å². The molecule has 0 aliphatic carbocycles. The van der Waals surface area contributed by atoms with E-state index in [2.05, 4.69) is 39.0 Å². The first-order valence-electron chi connectivity index (χ1n) is 8.42. The molecule has 0 spiro atoms. The maximum atomic E-state index is 12.5. The number of unbranched alkanes of at least 4 members (excludes halogenated alkanes) is 2. The number of fused-ring (bicyclic) bond motifs is 3. The minimum Gasteiger partial charge on any atom is -0.250 e. The highest BCUT2D eigenvalue weighted by molar-refractivity contribution is 7.37. The van der Waals surface area contributed by atoms with Gasteiger partial charge in [0.05, 0.1) is 0 Å². The number of para-hydroxylation sites is 1. The molecule has 0 radical (unpaired) electrons. The van der Waals surface area contributed by atoms with E-state index in [0.29, 0.717) is 0 Å². The van der Waals surface area contributed by atoms with Crippen LogP contribution in [0.2, 0.25) is 0 Å². The van der Waals surface area contributed by atoms with Crippen molar-refractivity contribution in [3.05, 3.63) is 48.0 Å². The van der Waals surface area contributed by atoms with E-state index in [9.17, 15) is 4.57 Å². The molecule has 0 fully saturated rings. The van der Waals surface area contributed by atoms with Crippen LogP contribution in [0, 0.1) is 0 Å². The van der Waals surface area contributed by atoms with E-state index in [0.717, 1.165) is 27.9 Å². The lowest BCUT2D eigenvalue weighted by atomic mass is 9.80. The molecule has 0 bridgehead atoms. The van der Waals surface area contributed by atoms with Crippen LogP contribution >= 0.6 is 7.65 Å². The fraction of sp³-hybridized carbons (Fsp3) is 0.400. The van der Waals surface area contributed by atoms with Gasteiger partial charge in [-0.15, -0.1) is 0 Å². The highest BCUT2D eigenvalue weighted by Crippen LogP contribution is 2.39. The molecule has 1 aromatic heterocycles. The number of hydrogen-bond acceptors (Lipinski definition) is 2. The van der Waals surface area contributed by atoms with E-state index in [-0.39, 0.29) is 5.41 Å². The van der Waals surface area contributed by atoms with Crippen molar-refractivity contribution in [1.29, 1.82) is 0 Å². The first kappa shape index (κ1) is 16.2. The molecule has 120 valence electrons. The predicted octanol–water partition coefficient (Wildman–Crippen LogP) is 7.19. The average Bonchev–Trinajstić information content (AvgIpc) is 2.55. The Kier molecular flexibility index (Phi) is 4.55. The van der Waals surface area contributed by atoms with Crippen LogP contribution in [-0.2, 0) is 9.98 Å². The Morgan fingerprint density at radius 2 is 1.83 bits per heavy atom. The van der Waals surface area contributed by atoms with Crippen molar-refractivity contribution in [2.24, 2.45) is 0 Å². The summed E-state index contributed by atoms with van der Waals surface area (Å²) in [4.78, 5) is 0. The summed E-state index contributed by atoms with van der Waals surface area (Å²) in [5.74, 6) is 0. The van der Waals surface area contributed by atoms with E-state index >= 15 is 0 Å². The van der Waals surface area contributed by atoms with Gasteiger partial charge in [-0.05, 0) is 40.2 Å². The second-order valence-electron chi connectivity index (χ2n) is 6.92. The second-order valence-corrected chi connectivity index (χ2v) is 8.10. The summed E-state index contributed by atoms with van der Waals surface area (Å²) in [5, 5.41) is 2.91. The molecule has 3 rings (SSSR count). The largest absolute Gasteiger partial charge is 0.597 e. The van der Waals surface area contributed by atoms with Crippen molar-refractivity contribution in [3.63, 3.8) is 0 Å². The zero-order valence-corrected chi connectivity index (χ0v) is 15.0.